The van der Waals surface area contributed by atoms with Gasteiger partial charge < -0.3 is 10.6 Å². The zero-order valence-corrected chi connectivity index (χ0v) is 11.1. The molecule has 1 aromatic rings. The molecule has 0 saturated carbocycles. The Morgan fingerprint density at radius 2 is 1.94 bits per heavy atom. The van der Waals surface area contributed by atoms with Gasteiger partial charge in [-0.05, 0) is 69.4 Å². The second kappa shape index (κ2) is 6.86. The fourth-order valence-electron chi connectivity index (χ4n) is 2.50. The lowest BCUT2D eigenvalue weighted by molar-refractivity contribution is 0.343. The number of halogens is 1. The molecule has 3 heteroatoms. The number of nitrogens with one attached hydrogen (secondary N) is 2. The van der Waals surface area contributed by atoms with Crippen LogP contribution in [0.25, 0.3) is 0 Å². The van der Waals surface area contributed by atoms with Crippen molar-refractivity contribution in [2.24, 2.45) is 5.92 Å². The summed E-state index contributed by atoms with van der Waals surface area (Å²) in [6, 6.07) is 7.27. The molecule has 2 N–H and O–H groups in total. The summed E-state index contributed by atoms with van der Waals surface area (Å²) in [5, 5.41) is 6.98. The van der Waals surface area contributed by atoms with Crippen LogP contribution in [0.5, 0.6) is 0 Å². The molecule has 2 rings (SSSR count). The second-order valence-electron chi connectivity index (χ2n) is 5.33. The van der Waals surface area contributed by atoms with Gasteiger partial charge in [0.15, 0.2) is 0 Å². The van der Waals surface area contributed by atoms with Crippen molar-refractivity contribution in [3.8, 4) is 0 Å². The van der Waals surface area contributed by atoms with Crippen molar-refractivity contribution in [1.29, 1.82) is 0 Å². The van der Waals surface area contributed by atoms with Gasteiger partial charge in [-0.1, -0.05) is 12.1 Å². The van der Waals surface area contributed by atoms with E-state index in [1.165, 1.54) is 30.5 Å². The zero-order chi connectivity index (χ0) is 12.8. The van der Waals surface area contributed by atoms with Crippen LogP contribution >= 0.6 is 0 Å². The summed E-state index contributed by atoms with van der Waals surface area (Å²) in [6.07, 6.45) is 3.51. The molecule has 1 heterocycles. The number of benzene rings is 1. The lowest BCUT2D eigenvalue weighted by atomic mass is 9.97. The standard InChI is InChI=1S/C15H23FN2/c1-12(10-13-2-4-15(16)5-3-13)18-11-14-6-8-17-9-7-14/h2-5,12,14,17-18H,6-11H2,1H3. The highest BCUT2D eigenvalue weighted by Crippen LogP contribution is 2.11. The van der Waals surface area contributed by atoms with Gasteiger partial charge in [0.1, 0.15) is 5.82 Å². The van der Waals surface area contributed by atoms with Gasteiger partial charge in [-0.2, -0.15) is 0 Å². The third-order valence-electron chi connectivity index (χ3n) is 3.67. The molecule has 0 aliphatic carbocycles. The topological polar surface area (TPSA) is 24.1 Å². The maximum atomic E-state index is 12.8. The van der Waals surface area contributed by atoms with Gasteiger partial charge in [-0.15, -0.1) is 0 Å². The summed E-state index contributed by atoms with van der Waals surface area (Å²) < 4.78 is 12.8. The highest BCUT2D eigenvalue weighted by Gasteiger charge is 2.13. The minimum Gasteiger partial charge on any atom is -0.317 e. The van der Waals surface area contributed by atoms with Crippen molar-refractivity contribution in [2.75, 3.05) is 19.6 Å². The van der Waals surface area contributed by atoms with E-state index >= 15 is 0 Å². The van der Waals surface area contributed by atoms with E-state index in [1.807, 2.05) is 12.1 Å². The molecule has 0 radical (unpaired) electrons. The van der Waals surface area contributed by atoms with E-state index in [9.17, 15) is 4.39 Å². The van der Waals surface area contributed by atoms with E-state index in [4.69, 9.17) is 0 Å². The maximum Gasteiger partial charge on any atom is 0.123 e. The predicted octanol–water partition coefficient (Wildman–Crippen LogP) is 2.35. The van der Waals surface area contributed by atoms with Crippen LogP contribution in [0.4, 0.5) is 4.39 Å². The molecule has 0 bridgehead atoms. The fourth-order valence-corrected chi connectivity index (χ4v) is 2.50. The van der Waals surface area contributed by atoms with Gasteiger partial charge in [0.25, 0.3) is 0 Å². The van der Waals surface area contributed by atoms with E-state index < -0.39 is 0 Å². The Morgan fingerprint density at radius 1 is 1.28 bits per heavy atom. The molecule has 1 fully saturated rings. The summed E-state index contributed by atoms with van der Waals surface area (Å²) in [7, 11) is 0. The Balaban J connectivity index is 1.71. The number of hydrogen-bond donors (Lipinski definition) is 2. The van der Waals surface area contributed by atoms with Crippen LogP contribution < -0.4 is 10.6 Å². The van der Waals surface area contributed by atoms with Crippen LogP contribution in [0.3, 0.4) is 0 Å². The van der Waals surface area contributed by atoms with Gasteiger partial charge in [0.2, 0.25) is 0 Å². The maximum absolute atomic E-state index is 12.8. The van der Waals surface area contributed by atoms with Crippen molar-refractivity contribution in [3.63, 3.8) is 0 Å². The highest BCUT2D eigenvalue weighted by atomic mass is 19.1. The van der Waals surface area contributed by atoms with Gasteiger partial charge in [-0.25, -0.2) is 4.39 Å². The first-order chi connectivity index (χ1) is 8.74. The Hall–Kier alpha value is -0.930. The summed E-state index contributed by atoms with van der Waals surface area (Å²) in [4.78, 5) is 0. The van der Waals surface area contributed by atoms with Gasteiger partial charge in [0, 0.05) is 6.04 Å². The van der Waals surface area contributed by atoms with Gasteiger partial charge in [0.05, 0.1) is 0 Å². The van der Waals surface area contributed by atoms with Crippen molar-refractivity contribution in [3.05, 3.63) is 35.6 Å². The third kappa shape index (κ3) is 4.39. The van der Waals surface area contributed by atoms with E-state index in [1.54, 1.807) is 0 Å². The van der Waals surface area contributed by atoms with E-state index in [2.05, 4.69) is 17.6 Å². The molecule has 1 aliphatic rings. The SMILES string of the molecule is CC(Cc1ccc(F)cc1)NCC1CCNCC1. The second-order valence-corrected chi connectivity index (χ2v) is 5.33. The summed E-state index contributed by atoms with van der Waals surface area (Å²) in [5.41, 5.74) is 1.20. The number of piperidine rings is 1. The van der Waals surface area contributed by atoms with Crippen LogP contribution in [0.1, 0.15) is 25.3 Å². The molecule has 2 nitrogen and oxygen atoms in total. The minimum absolute atomic E-state index is 0.158. The molecule has 100 valence electrons. The molecular weight excluding hydrogens is 227 g/mol. The van der Waals surface area contributed by atoms with Crippen LogP contribution in [-0.2, 0) is 6.42 Å². The molecule has 0 aromatic heterocycles. The minimum atomic E-state index is -0.158. The fraction of sp³-hybridized carbons (Fsp3) is 0.600. The van der Waals surface area contributed by atoms with Crippen molar-refractivity contribution in [2.45, 2.75) is 32.2 Å². The summed E-state index contributed by atoms with van der Waals surface area (Å²) in [5.74, 6) is 0.649. The van der Waals surface area contributed by atoms with Crippen LogP contribution in [-0.4, -0.2) is 25.7 Å². The molecule has 1 aliphatic heterocycles. The zero-order valence-electron chi connectivity index (χ0n) is 11.1. The van der Waals surface area contributed by atoms with E-state index in [-0.39, 0.29) is 5.82 Å². The molecule has 0 spiro atoms. The normalized spacial score (nSPS) is 18.8. The van der Waals surface area contributed by atoms with Crippen molar-refractivity contribution < 1.29 is 4.39 Å². The third-order valence-corrected chi connectivity index (χ3v) is 3.67. The van der Waals surface area contributed by atoms with Gasteiger partial charge >= 0.3 is 0 Å². The molecule has 1 unspecified atom stereocenters. The molecule has 0 amide bonds. The highest BCUT2D eigenvalue weighted by molar-refractivity contribution is 5.16. The Morgan fingerprint density at radius 3 is 2.61 bits per heavy atom. The molecule has 18 heavy (non-hydrogen) atoms. The number of rotatable bonds is 5. The van der Waals surface area contributed by atoms with Crippen LogP contribution in [0, 0.1) is 11.7 Å². The first-order valence-corrected chi connectivity index (χ1v) is 6.92. The van der Waals surface area contributed by atoms with E-state index in [0.29, 0.717) is 6.04 Å². The van der Waals surface area contributed by atoms with Crippen LogP contribution in [0.2, 0.25) is 0 Å². The first kappa shape index (κ1) is 13.5. The van der Waals surface area contributed by atoms with Gasteiger partial charge in [-0.3, -0.25) is 0 Å². The molecule has 1 atom stereocenters. The van der Waals surface area contributed by atoms with Crippen molar-refractivity contribution in [1.82, 2.24) is 10.6 Å². The Kier molecular flexibility index (Phi) is 5.14. The Labute approximate surface area is 109 Å². The summed E-state index contributed by atoms with van der Waals surface area (Å²) in [6.45, 7) is 5.60. The smallest absolute Gasteiger partial charge is 0.123 e. The lowest BCUT2D eigenvalue weighted by Crippen LogP contribution is -2.37. The molecular formula is C15H23FN2. The van der Waals surface area contributed by atoms with Crippen LogP contribution in [0.15, 0.2) is 24.3 Å². The molecule has 1 aromatic carbocycles. The Bertz CT molecular complexity index is 344. The summed E-state index contributed by atoms with van der Waals surface area (Å²) >= 11 is 0. The quantitative estimate of drug-likeness (QED) is 0.838. The van der Waals surface area contributed by atoms with E-state index in [0.717, 1.165) is 32.0 Å². The average molecular weight is 250 g/mol. The van der Waals surface area contributed by atoms with Crippen molar-refractivity contribution >= 4 is 0 Å². The monoisotopic (exact) mass is 250 g/mol. The number of hydrogen-bond acceptors (Lipinski definition) is 2. The first-order valence-electron chi connectivity index (χ1n) is 6.92. The largest absolute Gasteiger partial charge is 0.317 e. The molecule has 1 saturated heterocycles. The predicted molar refractivity (Wildman–Crippen MR) is 73.2 cm³/mol. The lowest BCUT2D eigenvalue weighted by Gasteiger charge is -2.24. The average Bonchev–Trinajstić information content (AvgIpc) is 2.40.